The van der Waals surface area contributed by atoms with Crippen LogP contribution in [0, 0.1) is 5.92 Å². The molecule has 1 aromatic carbocycles. The summed E-state index contributed by atoms with van der Waals surface area (Å²) in [5, 5.41) is 12.8. The van der Waals surface area contributed by atoms with Gasteiger partial charge in [-0.15, -0.1) is 0 Å². The molecule has 0 fully saturated rings. The van der Waals surface area contributed by atoms with Gasteiger partial charge < -0.3 is 15.3 Å². The van der Waals surface area contributed by atoms with E-state index < -0.39 is 0 Å². The molecule has 19 heavy (non-hydrogen) atoms. The first-order chi connectivity index (χ1) is 8.95. The van der Waals surface area contributed by atoms with Gasteiger partial charge in [-0.05, 0) is 37.1 Å². The number of halogens is 1. The third-order valence-corrected chi connectivity index (χ3v) is 3.71. The van der Waals surface area contributed by atoms with Crippen LogP contribution < -0.4 is 10.2 Å². The van der Waals surface area contributed by atoms with Crippen molar-refractivity contribution in [1.29, 1.82) is 0 Å². The van der Waals surface area contributed by atoms with Gasteiger partial charge in [-0.2, -0.15) is 0 Å². The fourth-order valence-corrected chi connectivity index (χ4v) is 2.22. The molecule has 1 rings (SSSR count). The summed E-state index contributed by atoms with van der Waals surface area (Å²) >= 11 is 3.52. The van der Waals surface area contributed by atoms with Crippen molar-refractivity contribution in [2.24, 2.45) is 5.92 Å². The van der Waals surface area contributed by atoms with Gasteiger partial charge in [0, 0.05) is 29.8 Å². The summed E-state index contributed by atoms with van der Waals surface area (Å²) in [4.78, 5) is 2.12. The molecule has 0 aliphatic carbocycles. The highest BCUT2D eigenvalue weighted by atomic mass is 79.9. The van der Waals surface area contributed by atoms with E-state index in [1.165, 1.54) is 5.56 Å². The molecule has 1 atom stereocenters. The van der Waals surface area contributed by atoms with E-state index in [2.05, 4.69) is 58.2 Å². The van der Waals surface area contributed by atoms with E-state index in [4.69, 9.17) is 0 Å². The monoisotopic (exact) mass is 328 g/mol. The zero-order valence-corrected chi connectivity index (χ0v) is 13.9. The van der Waals surface area contributed by atoms with Crippen molar-refractivity contribution in [3.63, 3.8) is 0 Å². The fraction of sp³-hybridized carbons (Fsp3) is 0.600. The fourth-order valence-electron chi connectivity index (χ4n) is 1.87. The van der Waals surface area contributed by atoms with Crippen molar-refractivity contribution >= 4 is 21.6 Å². The number of nitrogens with zero attached hydrogens (tertiary/aromatic N) is 1. The number of aliphatic hydroxyl groups excluding tert-OH is 1. The third-order valence-electron chi connectivity index (χ3n) is 3.22. The van der Waals surface area contributed by atoms with Crippen molar-refractivity contribution < 1.29 is 5.11 Å². The van der Waals surface area contributed by atoms with Crippen molar-refractivity contribution in [1.82, 2.24) is 5.32 Å². The first kappa shape index (κ1) is 16.5. The molecule has 0 aliphatic heterocycles. The SMILES string of the molecule is CC(C)CNCc1ccc(Br)cc1N(C)C(C)CO. The van der Waals surface area contributed by atoms with Crippen molar-refractivity contribution in [2.45, 2.75) is 33.4 Å². The number of anilines is 1. The van der Waals surface area contributed by atoms with Crippen LogP contribution in [0.4, 0.5) is 5.69 Å². The maximum Gasteiger partial charge on any atom is 0.0632 e. The quantitative estimate of drug-likeness (QED) is 0.807. The number of rotatable bonds is 7. The van der Waals surface area contributed by atoms with E-state index in [1.807, 2.05) is 14.0 Å². The Labute approximate surface area is 125 Å². The van der Waals surface area contributed by atoms with Crippen LogP contribution >= 0.6 is 15.9 Å². The number of benzene rings is 1. The Morgan fingerprint density at radius 1 is 1.32 bits per heavy atom. The Morgan fingerprint density at radius 3 is 2.58 bits per heavy atom. The predicted molar refractivity (Wildman–Crippen MR) is 85.6 cm³/mol. The highest BCUT2D eigenvalue weighted by Gasteiger charge is 2.13. The lowest BCUT2D eigenvalue weighted by atomic mass is 10.1. The normalized spacial score (nSPS) is 12.8. The van der Waals surface area contributed by atoms with E-state index in [0.29, 0.717) is 5.92 Å². The van der Waals surface area contributed by atoms with Crippen LogP contribution in [-0.2, 0) is 6.54 Å². The van der Waals surface area contributed by atoms with Gasteiger partial charge in [0.25, 0.3) is 0 Å². The van der Waals surface area contributed by atoms with Crippen molar-refractivity contribution in [2.75, 3.05) is 25.1 Å². The molecule has 3 nitrogen and oxygen atoms in total. The second-order valence-electron chi connectivity index (χ2n) is 5.44. The average Bonchev–Trinajstić information content (AvgIpc) is 2.38. The largest absolute Gasteiger partial charge is 0.394 e. The lowest BCUT2D eigenvalue weighted by molar-refractivity contribution is 0.270. The number of hydrogen-bond acceptors (Lipinski definition) is 3. The summed E-state index contributed by atoms with van der Waals surface area (Å²) in [7, 11) is 2.02. The molecule has 0 amide bonds. The van der Waals surface area contributed by atoms with E-state index in [1.54, 1.807) is 0 Å². The second kappa shape index (κ2) is 7.88. The Kier molecular flexibility index (Phi) is 6.83. The molecule has 0 radical (unpaired) electrons. The second-order valence-corrected chi connectivity index (χ2v) is 6.36. The van der Waals surface area contributed by atoms with Gasteiger partial charge in [0.05, 0.1) is 6.61 Å². The van der Waals surface area contributed by atoms with Crippen LogP contribution in [-0.4, -0.2) is 31.3 Å². The highest BCUT2D eigenvalue weighted by molar-refractivity contribution is 9.10. The first-order valence-corrected chi connectivity index (χ1v) is 7.57. The van der Waals surface area contributed by atoms with Gasteiger partial charge in [0.1, 0.15) is 0 Å². The maximum absolute atomic E-state index is 9.31. The summed E-state index contributed by atoms with van der Waals surface area (Å²) in [5.74, 6) is 0.646. The summed E-state index contributed by atoms with van der Waals surface area (Å²) in [5.41, 5.74) is 2.42. The minimum atomic E-state index is 0.109. The molecule has 2 N–H and O–H groups in total. The van der Waals surface area contributed by atoms with Gasteiger partial charge in [0.2, 0.25) is 0 Å². The lowest BCUT2D eigenvalue weighted by Crippen LogP contribution is -2.33. The van der Waals surface area contributed by atoms with Gasteiger partial charge in [-0.25, -0.2) is 0 Å². The van der Waals surface area contributed by atoms with Crippen molar-refractivity contribution in [3.05, 3.63) is 28.2 Å². The van der Waals surface area contributed by atoms with Crippen LogP contribution in [0.2, 0.25) is 0 Å². The molecular weight excluding hydrogens is 304 g/mol. The summed E-state index contributed by atoms with van der Waals surface area (Å²) in [6.45, 7) is 8.44. The zero-order chi connectivity index (χ0) is 14.4. The molecule has 0 bridgehead atoms. The van der Waals surface area contributed by atoms with Gasteiger partial charge >= 0.3 is 0 Å². The molecule has 4 heteroatoms. The molecule has 0 saturated carbocycles. The highest BCUT2D eigenvalue weighted by Crippen LogP contribution is 2.25. The summed E-state index contributed by atoms with van der Waals surface area (Å²) in [6, 6.07) is 6.41. The maximum atomic E-state index is 9.31. The molecule has 0 heterocycles. The van der Waals surface area contributed by atoms with Gasteiger partial charge in [0.15, 0.2) is 0 Å². The minimum Gasteiger partial charge on any atom is -0.394 e. The van der Waals surface area contributed by atoms with Crippen LogP contribution in [0.15, 0.2) is 22.7 Å². The first-order valence-electron chi connectivity index (χ1n) is 6.78. The molecule has 0 aromatic heterocycles. The summed E-state index contributed by atoms with van der Waals surface area (Å²) < 4.78 is 1.06. The zero-order valence-electron chi connectivity index (χ0n) is 12.3. The molecule has 0 aliphatic rings. The smallest absolute Gasteiger partial charge is 0.0632 e. The van der Waals surface area contributed by atoms with Crippen LogP contribution in [0.1, 0.15) is 26.3 Å². The molecule has 108 valence electrons. The van der Waals surface area contributed by atoms with Crippen LogP contribution in [0.5, 0.6) is 0 Å². The van der Waals surface area contributed by atoms with Crippen LogP contribution in [0.3, 0.4) is 0 Å². The van der Waals surface area contributed by atoms with E-state index in [9.17, 15) is 5.11 Å². The Hall–Kier alpha value is -0.580. The van der Waals surface area contributed by atoms with E-state index in [0.717, 1.165) is 23.2 Å². The van der Waals surface area contributed by atoms with Crippen molar-refractivity contribution in [3.8, 4) is 0 Å². The summed E-state index contributed by atoms with van der Waals surface area (Å²) in [6.07, 6.45) is 0. The standard InChI is InChI=1S/C15H25BrN2O/c1-11(2)8-17-9-13-5-6-14(16)7-15(13)18(4)12(3)10-19/h5-7,11-12,17,19H,8-10H2,1-4H3. The minimum absolute atomic E-state index is 0.109. The van der Waals surface area contributed by atoms with E-state index >= 15 is 0 Å². The van der Waals surface area contributed by atoms with Crippen LogP contribution in [0.25, 0.3) is 0 Å². The molecule has 0 saturated heterocycles. The average molecular weight is 329 g/mol. The molecule has 0 spiro atoms. The predicted octanol–water partition coefficient (Wildman–Crippen LogP) is 3.01. The Bertz CT molecular complexity index is 396. The molecular formula is C15H25BrN2O. The molecule has 1 unspecified atom stereocenters. The van der Waals surface area contributed by atoms with E-state index in [-0.39, 0.29) is 12.6 Å². The Balaban J connectivity index is 2.85. The number of likely N-dealkylation sites (N-methyl/N-ethyl adjacent to an activating group) is 1. The lowest BCUT2D eigenvalue weighted by Gasteiger charge is -2.28. The topological polar surface area (TPSA) is 35.5 Å². The Morgan fingerprint density at radius 2 is 2.00 bits per heavy atom. The number of nitrogens with one attached hydrogen (secondary N) is 1. The van der Waals surface area contributed by atoms with Gasteiger partial charge in [-0.3, -0.25) is 0 Å². The number of aliphatic hydroxyl groups is 1. The number of hydrogen-bond donors (Lipinski definition) is 2. The third kappa shape index (κ3) is 5.13. The van der Waals surface area contributed by atoms with Gasteiger partial charge in [-0.1, -0.05) is 35.8 Å². The molecule has 1 aromatic rings.